The third-order valence-electron chi connectivity index (χ3n) is 6.79. The van der Waals surface area contributed by atoms with Crippen molar-refractivity contribution in [3.05, 3.63) is 70.2 Å². The normalized spacial score (nSPS) is 12.7. The molecule has 3 rings (SSSR count). The molecular formula is C34H48N4O6S2. The summed E-state index contributed by atoms with van der Waals surface area (Å²) in [7, 11) is -4.04. The number of sulfonamides is 1. The van der Waals surface area contributed by atoms with Gasteiger partial charge in [0.2, 0.25) is 0 Å². The highest BCUT2D eigenvalue weighted by atomic mass is 32.2. The Morgan fingerprint density at radius 3 is 2.17 bits per heavy atom. The molecule has 0 aliphatic carbocycles. The van der Waals surface area contributed by atoms with Crippen molar-refractivity contribution in [1.82, 2.24) is 14.3 Å². The molecule has 1 amide bonds. The number of thiophene rings is 1. The van der Waals surface area contributed by atoms with Gasteiger partial charge in [0.1, 0.15) is 23.6 Å². The lowest BCUT2D eigenvalue weighted by Crippen LogP contribution is -2.42. The summed E-state index contributed by atoms with van der Waals surface area (Å²) in [5.41, 5.74) is -1.26. The van der Waals surface area contributed by atoms with Crippen molar-refractivity contribution in [2.75, 3.05) is 11.4 Å². The van der Waals surface area contributed by atoms with E-state index in [4.69, 9.17) is 9.47 Å². The van der Waals surface area contributed by atoms with Crippen molar-refractivity contribution in [3.8, 4) is 0 Å². The lowest BCUT2D eigenvalue weighted by atomic mass is 9.86. The van der Waals surface area contributed by atoms with Crippen LogP contribution in [0, 0.1) is 0 Å². The van der Waals surface area contributed by atoms with Gasteiger partial charge in [-0.05, 0) is 89.8 Å². The minimum atomic E-state index is -4.04. The molecule has 0 unspecified atom stereocenters. The minimum Gasteiger partial charge on any atom is -0.459 e. The second kappa shape index (κ2) is 15.0. The van der Waals surface area contributed by atoms with Crippen LogP contribution < -0.4 is 4.90 Å². The Labute approximate surface area is 278 Å². The number of carbonyl (C=O) groups excluding carboxylic acids is 2. The highest BCUT2D eigenvalue weighted by molar-refractivity contribution is 7.89. The molecule has 10 nitrogen and oxygen atoms in total. The Hall–Kier alpha value is -3.35. The van der Waals surface area contributed by atoms with Gasteiger partial charge in [0.05, 0.1) is 12.2 Å². The van der Waals surface area contributed by atoms with Crippen LogP contribution in [0.25, 0.3) is 0 Å². The Bertz CT molecular complexity index is 1570. The minimum absolute atomic E-state index is 0.0290. The fourth-order valence-electron chi connectivity index (χ4n) is 4.55. The Kier molecular flexibility index (Phi) is 12.1. The lowest BCUT2D eigenvalue weighted by Gasteiger charge is -2.28. The van der Waals surface area contributed by atoms with Gasteiger partial charge in [0.25, 0.3) is 10.0 Å². The lowest BCUT2D eigenvalue weighted by molar-refractivity contribution is -0.153. The largest absolute Gasteiger partial charge is 0.459 e. The molecule has 0 saturated carbocycles. The third-order valence-corrected chi connectivity index (χ3v) is 9.93. The smallest absolute Gasteiger partial charge is 0.416 e. The number of aromatic nitrogens is 2. The van der Waals surface area contributed by atoms with Crippen molar-refractivity contribution >= 4 is 39.2 Å². The first-order chi connectivity index (χ1) is 21.3. The molecule has 0 N–H and O–H groups in total. The number of anilines is 1. The summed E-state index contributed by atoms with van der Waals surface area (Å²) in [6, 6.07) is 13.7. The molecular weight excluding hydrogens is 625 g/mol. The molecule has 3 aromatic rings. The topological polar surface area (TPSA) is 119 Å². The maximum absolute atomic E-state index is 13.9. The van der Waals surface area contributed by atoms with Crippen LogP contribution in [-0.2, 0) is 42.8 Å². The van der Waals surface area contributed by atoms with E-state index < -0.39 is 39.8 Å². The zero-order valence-corrected chi connectivity index (χ0v) is 30.1. The average molecular weight is 673 g/mol. The van der Waals surface area contributed by atoms with Crippen molar-refractivity contribution in [2.45, 2.75) is 116 Å². The van der Waals surface area contributed by atoms with Crippen LogP contribution in [0.1, 0.15) is 97.0 Å². The molecule has 0 spiro atoms. The first-order valence-corrected chi connectivity index (χ1v) is 17.7. The molecule has 252 valence electrons. The number of amides is 1. The zero-order chi connectivity index (χ0) is 34.3. The van der Waals surface area contributed by atoms with Crippen LogP contribution >= 0.6 is 11.3 Å². The van der Waals surface area contributed by atoms with Gasteiger partial charge in [0, 0.05) is 22.5 Å². The summed E-state index contributed by atoms with van der Waals surface area (Å²) in [6.45, 7) is 16.5. The van der Waals surface area contributed by atoms with E-state index in [2.05, 4.69) is 36.8 Å². The quantitative estimate of drug-likeness (QED) is 0.172. The molecule has 0 radical (unpaired) electrons. The van der Waals surface area contributed by atoms with E-state index in [9.17, 15) is 18.0 Å². The molecule has 0 saturated heterocycles. The van der Waals surface area contributed by atoms with E-state index in [1.165, 1.54) is 21.4 Å². The van der Waals surface area contributed by atoms with Gasteiger partial charge in [0.15, 0.2) is 5.03 Å². The monoisotopic (exact) mass is 672 g/mol. The third kappa shape index (κ3) is 10.9. The Balaban J connectivity index is 1.99. The van der Waals surface area contributed by atoms with Gasteiger partial charge in [-0.25, -0.2) is 23.2 Å². The number of esters is 1. The fraction of sp³-hybridized carbons (Fsp3) is 0.529. The Morgan fingerprint density at radius 2 is 1.57 bits per heavy atom. The van der Waals surface area contributed by atoms with Gasteiger partial charge in [-0.2, -0.15) is 4.31 Å². The van der Waals surface area contributed by atoms with E-state index in [1.807, 2.05) is 6.07 Å². The van der Waals surface area contributed by atoms with E-state index in [0.717, 1.165) is 29.0 Å². The van der Waals surface area contributed by atoms with Crippen molar-refractivity contribution in [1.29, 1.82) is 0 Å². The molecule has 0 bridgehead atoms. The molecule has 46 heavy (non-hydrogen) atoms. The van der Waals surface area contributed by atoms with Crippen LogP contribution in [0.3, 0.4) is 0 Å². The molecule has 3 aromatic heterocycles. The molecule has 0 aromatic carbocycles. The fourth-order valence-corrected chi connectivity index (χ4v) is 7.10. The molecule has 0 fully saturated rings. The molecule has 12 heteroatoms. The zero-order valence-electron chi connectivity index (χ0n) is 28.5. The van der Waals surface area contributed by atoms with Crippen molar-refractivity contribution < 1.29 is 27.5 Å². The predicted octanol–water partition coefficient (Wildman–Crippen LogP) is 7.48. The van der Waals surface area contributed by atoms with Crippen LogP contribution in [0.4, 0.5) is 10.6 Å². The second-order valence-corrected chi connectivity index (χ2v) is 16.9. The van der Waals surface area contributed by atoms with Crippen LogP contribution in [0.2, 0.25) is 0 Å². The van der Waals surface area contributed by atoms with Crippen LogP contribution in [0.15, 0.2) is 59.8 Å². The number of carbonyl (C=O) groups is 2. The molecule has 0 aliphatic rings. The summed E-state index contributed by atoms with van der Waals surface area (Å²) in [5.74, 6) is -0.510. The van der Waals surface area contributed by atoms with Gasteiger partial charge in [-0.3, -0.25) is 9.69 Å². The van der Waals surface area contributed by atoms with E-state index >= 15 is 0 Å². The average Bonchev–Trinajstić information content (AvgIpc) is 3.43. The van der Waals surface area contributed by atoms with E-state index in [-0.39, 0.29) is 29.3 Å². The number of nitrogens with zero attached hydrogens (tertiary/aromatic N) is 4. The number of pyridine rings is 2. The van der Waals surface area contributed by atoms with Crippen molar-refractivity contribution in [2.24, 2.45) is 0 Å². The summed E-state index contributed by atoms with van der Waals surface area (Å²) >= 11 is 1.60. The van der Waals surface area contributed by atoms with Gasteiger partial charge in [-0.15, -0.1) is 11.3 Å². The maximum Gasteiger partial charge on any atom is 0.416 e. The highest BCUT2D eigenvalue weighted by Crippen LogP contribution is 2.35. The van der Waals surface area contributed by atoms with Gasteiger partial charge in [-0.1, -0.05) is 45.7 Å². The van der Waals surface area contributed by atoms with E-state index in [1.54, 1.807) is 83.2 Å². The second-order valence-electron chi connectivity index (χ2n) is 13.8. The summed E-state index contributed by atoms with van der Waals surface area (Å²) in [6.07, 6.45) is 3.91. The van der Waals surface area contributed by atoms with Gasteiger partial charge >= 0.3 is 12.1 Å². The standard InChI is InChI=1S/C34H48N4O6S2/c1-10-11-20-34(8,9)27-19-18-26(45-27)23-37(46(41,42)29-17-12-13-21-35-29)22-25-15-14-16-28(36-25)38(31(40)44-33(5,6)7)24-30(39)43-32(2,3)4/h12-19,21H,10-11,20,22-24H2,1-9H3. The van der Waals surface area contributed by atoms with Gasteiger partial charge < -0.3 is 9.47 Å². The summed E-state index contributed by atoms with van der Waals surface area (Å²) in [4.78, 5) is 38.0. The number of hydrogen-bond acceptors (Lipinski definition) is 9. The molecule has 0 aliphatic heterocycles. The summed E-state index contributed by atoms with van der Waals surface area (Å²) < 4.78 is 40.3. The number of hydrogen-bond donors (Lipinski definition) is 0. The summed E-state index contributed by atoms with van der Waals surface area (Å²) in [5, 5.41) is -0.0773. The first kappa shape index (κ1) is 37.1. The van der Waals surface area contributed by atoms with Crippen LogP contribution in [0.5, 0.6) is 0 Å². The number of unbranched alkanes of at least 4 members (excludes halogenated alkanes) is 1. The highest BCUT2D eigenvalue weighted by Gasteiger charge is 2.31. The first-order valence-electron chi connectivity index (χ1n) is 15.5. The molecule has 0 atom stereocenters. The molecule has 3 heterocycles. The van der Waals surface area contributed by atoms with E-state index in [0.29, 0.717) is 5.69 Å². The number of ether oxygens (including phenoxy) is 2. The van der Waals surface area contributed by atoms with Crippen molar-refractivity contribution in [3.63, 3.8) is 0 Å². The maximum atomic E-state index is 13.9. The SMILES string of the molecule is CCCCC(C)(C)c1ccc(CN(Cc2cccc(N(CC(=O)OC(C)(C)C)C(=O)OC(C)(C)C)n2)S(=O)(=O)c2ccccn2)s1. The van der Waals surface area contributed by atoms with Crippen LogP contribution in [-0.4, -0.2) is 52.5 Å². The Morgan fingerprint density at radius 1 is 0.870 bits per heavy atom. The predicted molar refractivity (Wildman–Crippen MR) is 181 cm³/mol. The number of rotatable bonds is 13.